The van der Waals surface area contributed by atoms with E-state index in [1.807, 2.05) is 19.1 Å². The summed E-state index contributed by atoms with van der Waals surface area (Å²) in [6.45, 7) is 11.2. The summed E-state index contributed by atoms with van der Waals surface area (Å²) in [5, 5.41) is 8.78. The second-order valence-corrected chi connectivity index (χ2v) is 8.78. The van der Waals surface area contributed by atoms with Crippen LogP contribution in [0.25, 0.3) is 5.57 Å². The first kappa shape index (κ1) is 17.7. The van der Waals surface area contributed by atoms with Gasteiger partial charge in [-0.05, 0) is 70.4 Å². The number of fused-ring (bicyclic) bond motifs is 2. The highest BCUT2D eigenvalue weighted by Crippen LogP contribution is 2.51. The van der Waals surface area contributed by atoms with Crippen LogP contribution in [0.4, 0.5) is 0 Å². The summed E-state index contributed by atoms with van der Waals surface area (Å²) in [6, 6.07) is 4.87. The summed E-state index contributed by atoms with van der Waals surface area (Å²) in [5.74, 6) is -0.901. The number of rotatable bonds is 3. The number of allylic oxidation sites excluding steroid dienone is 5. The van der Waals surface area contributed by atoms with Crippen LogP contribution in [0.2, 0.25) is 0 Å². The van der Waals surface area contributed by atoms with E-state index in [4.69, 9.17) is 5.11 Å². The maximum Gasteiger partial charge on any atom is 0.328 e. The smallest absolute Gasteiger partial charge is 0.328 e. The maximum absolute atomic E-state index is 10.7. The van der Waals surface area contributed by atoms with E-state index in [1.54, 1.807) is 0 Å². The zero-order chi connectivity index (χ0) is 18.4. The average Bonchev–Trinajstić information content (AvgIpc) is 2.94. The Hall–Kier alpha value is -2.09. The fraction of sp³-hybridized carbons (Fsp3) is 0.435. The number of carboxylic acid groups (broad SMARTS) is 1. The van der Waals surface area contributed by atoms with Gasteiger partial charge in [-0.2, -0.15) is 0 Å². The van der Waals surface area contributed by atoms with Crippen molar-refractivity contribution in [2.75, 3.05) is 0 Å². The molecule has 1 aromatic carbocycles. The standard InChI is InChI=1S/C23H28O2/c1-15(11-21(24)25)7-6-8-16-9-10-17-12-19-20(13-18(16)17)23(4,5)14-22(19,2)3/h6-8,11-13H,9-10,14H2,1-5H3,(H,24,25)/b7-6+,15-11+,16-8+. The molecule has 2 heteroatoms. The number of hydrogen-bond acceptors (Lipinski definition) is 1. The van der Waals surface area contributed by atoms with Crippen molar-refractivity contribution in [3.63, 3.8) is 0 Å². The lowest BCUT2D eigenvalue weighted by molar-refractivity contribution is -0.131. The molecule has 2 aliphatic carbocycles. The minimum Gasteiger partial charge on any atom is -0.478 e. The Morgan fingerprint density at radius 2 is 1.72 bits per heavy atom. The van der Waals surface area contributed by atoms with E-state index in [0.29, 0.717) is 0 Å². The number of aliphatic carboxylic acids is 1. The molecule has 2 nitrogen and oxygen atoms in total. The zero-order valence-electron chi connectivity index (χ0n) is 15.9. The molecule has 0 heterocycles. The molecule has 2 aliphatic rings. The highest BCUT2D eigenvalue weighted by atomic mass is 16.4. The zero-order valence-corrected chi connectivity index (χ0v) is 15.9. The predicted octanol–water partition coefficient (Wildman–Crippen LogP) is 5.56. The molecule has 1 N–H and O–H groups in total. The highest BCUT2D eigenvalue weighted by Gasteiger charge is 2.42. The first-order valence-electron chi connectivity index (χ1n) is 9.07. The molecule has 0 unspecified atom stereocenters. The van der Waals surface area contributed by atoms with Gasteiger partial charge in [0, 0.05) is 6.08 Å². The van der Waals surface area contributed by atoms with Gasteiger partial charge in [-0.15, -0.1) is 0 Å². The van der Waals surface area contributed by atoms with Gasteiger partial charge in [0.15, 0.2) is 0 Å². The Bertz CT molecular complexity index is 817. The van der Waals surface area contributed by atoms with Crippen LogP contribution in [-0.4, -0.2) is 11.1 Å². The van der Waals surface area contributed by atoms with Crippen molar-refractivity contribution in [2.24, 2.45) is 0 Å². The van der Waals surface area contributed by atoms with Crippen LogP contribution in [-0.2, 0) is 22.0 Å². The van der Waals surface area contributed by atoms with Crippen molar-refractivity contribution in [3.05, 3.63) is 64.3 Å². The molecule has 0 aliphatic heterocycles. The number of benzene rings is 1. The van der Waals surface area contributed by atoms with Crippen LogP contribution in [0.1, 0.15) is 69.7 Å². The Morgan fingerprint density at radius 1 is 1.08 bits per heavy atom. The predicted molar refractivity (Wildman–Crippen MR) is 104 cm³/mol. The van der Waals surface area contributed by atoms with E-state index in [9.17, 15) is 4.79 Å². The lowest BCUT2D eigenvalue weighted by Gasteiger charge is -2.22. The maximum atomic E-state index is 10.7. The van der Waals surface area contributed by atoms with E-state index in [-0.39, 0.29) is 10.8 Å². The van der Waals surface area contributed by atoms with Gasteiger partial charge in [-0.3, -0.25) is 0 Å². The molecule has 1 aromatic rings. The molecule has 0 fully saturated rings. The van der Waals surface area contributed by atoms with Crippen LogP contribution in [0.15, 0.2) is 42.0 Å². The Kier molecular flexibility index (Phi) is 4.26. The first-order chi connectivity index (χ1) is 11.6. The van der Waals surface area contributed by atoms with Crippen molar-refractivity contribution in [3.8, 4) is 0 Å². The topological polar surface area (TPSA) is 37.3 Å². The lowest BCUT2D eigenvalue weighted by Crippen LogP contribution is -2.18. The van der Waals surface area contributed by atoms with Gasteiger partial charge in [0.1, 0.15) is 0 Å². The average molecular weight is 336 g/mol. The summed E-state index contributed by atoms with van der Waals surface area (Å²) in [6.07, 6.45) is 10.6. The summed E-state index contributed by atoms with van der Waals surface area (Å²) in [7, 11) is 0. The summed E-state index contributed by atoms with van der Waals surface area (Å²) >= 11 is 0. The van der Waals surface area contributed by atoms with E-state index < -0.39 is 5.97 Å². The van der Waals surface area contributed by atoms with Gasteiger partial charge in [-0.1, -0.05) is 58.1 Å². The third kappa shape index (κ3) is 3.35. The van der Waals surface area contributed by atoms with Crippen LogP contribution >= 0.6 is 0 Å². The van der Waals surface area contributed by atoms with Crippen molar-refractivity contribution in [2.45, 2.75) is 64.7 Å². The van der Waals surface area contributed by atoms with Gasteiger partial charge in [0.25, 0.3) is 0 Å². The number of carboxylic acids is 1. The first-order valence-corrected chi connectivity index (χ1v) is 9.07. The van der Waals surface area contributed by atoms with Crippen LogP contribution in [0.3, 0.4) is 0 Å². The highest BCUT2D eigenvalue weighted by molar-refractivity contribution is 5.81. The Labute approximate surface area is 151 Å². The molecule has 0 bridgehead atoms. The molecule has 25 heavy (non-hydrogen) atoms. The number of aryl methyl sites for hydroxylation is 1. The van der Waals surface area contributed by atoms with E-state index in [1.165, 1.54) is 40.3 Å². The van der Waals surface area contributed by atoms with E-state index >= 15 is 0 Å². The SMILES string of the molecule is CC(/C=C/C=C1\CCc2cc3c(cc21)C(C)(C)CC3(C)C)=C\C(=O)O. The molecule has 0 amide bonds. The van der Waals surface area contributed by atoms with Gasteiger partial charge in [-0.25, -0.2) is 4.79 Å². The molecule has 3 rings (SSSR count). The quantitative estimate of drug-likeness (QED) is 0.579. The monoisotopic (exact) mass is 336 g/mol. The molecule has 0 spiro atoms. The second kappa shape index (κ2) is 6.01. The van der Waals surface area contributed by atoms with Gasteiger partial charge in [0.2, 0.25) is 0 Å². The van der Waals surface area contributed by atoms with Crippen molar-refractivity contribution in [1.82, 2.24) is 0 Å². The number of hydrogen-bond donors (Lipinski definition) is 1. The third-order valence-corrected chi connectivity index (χ3v) is 5.60. The van der Waals surface area contributed by atoms with Crippen LogP contribution in [0.5, 0.6) is 0 Å². The van der Waals surface area contributed by atoms with E-state index in [2.05, 4.69) is 45.9 Å². The minimum atomic E-state index is -0.901. The summed E-state index contributed by atoms with van der Waals surface area (Å²) in [4.78, 5) is 10.7. The Morgan fingerprint density at radius 3 is 2.36 bits per heavy atom. The summed E-state index contributed by atoms with van der Waals surface area (Å²) in [5.41, 5.74) is 8.44. The molecular weight excluding hydrogens is 308 g/mol. The van der Waals surface area contributed by atoms with Crippen molar-refractivity contribution < 1.29 is 9.90 Å². The lowest BCUT2D eigenvalue weighted by atomic mass is 9.82. The second-order valence-electron chi connectivity index (χ2n) is 8.78. The fourth-order valence-corrected chi connectivity index (χ4v) is 4.70. The van der Waals surface area contributed by atoms with Crippen LogP contribution < -0.4 is 0 Å². The molecule has 0 saturated heterocycles. The fourth-order valence-electron chi connectivity index (χ4n) is 4.70. The van der Waals surface area contributed by atoms with Gasteiger partial charge in [0.05, 0.1) is 0 Å². The molecular formula is C23H28O2. The van der Waals surface area contributed by atoms with Crippen molar-refractivity contribution in [1.29, 1.82) is 0 Å². The molecule has 0 aromatic heterocycles. The molecule has 132 valence electrons. The molecule has 0 atom stereocenters. The molecule has 0 saturated carbocycles. The minimum absolute atomic E-state index is 0.220. The third-order valence-electron chi connectivity index (χ3n) is 5.60. The van der Waals surface area contributed by atoms with Gasteiger partial charge >= 0.3 is 5.97 Å². The normalized spacial score (nSPS) is 22.4. The van der Waals surface area contributed by atoms with Crippen LogP contribution in [0, 0.1) is 0 Å². The number of carbonyl (C=O) groups is 1. The largest absolute Gasteiger partial charge is 0.478 e. The molecule has 0 radical (unpaired) electrons. The summed E-state index contributed by atoms with van der Waals surface area (Å²) < 4.78 is 0. The van der Waals surface area contributed by atoms with E-state index in [0.717, 1.165) is 18.4 Å². The van der Waals surface area contributed by atoms with Gasteiger partial charge < -0.3 is 5.11 Å². The Balaban J connectivity index is 1.95. The van der Waals surface area contributed by atoms with Crippen molar-refractivity contribution >= 4 is 11.5 Å².